The van der Waals surface area contributed by atoms with E-state index >= 15 is 0 Å². The number of hydrogen-bond acceptors (Lipinski definition) is 3. The summed E-state index contributed by atoms with van der Waals surface area (Å²) >= 11 is 6.01. The first-order valence-electron chi connectivity index (χ1n) is 5.21. The molecule has 2 unspecified atom stereocenters. The Kier molecular flexibility index (Phi) is 3.76. The lowest BCUT2D eigenvalue weighted by Gasteiger charge is -2.22. The third-order valence-electron chi connectivity index (χ3n) is 2.91. The topological polar surface area (TPSA) is 47.3 Å². The zero-order valence-electron chi connectivity index (χ0n) is 8.75. The summed E-state index contributed by atoms with van der Waals surface area (Å²) in [5.41, 5.74) is 3.55. The molecule has 1 aromatic carbocycles. The van der Waals surface area contributed by atoms with Crippen LogP contribution in [-0.4, -0.2) is 13.2 Å². The van der Waals surface area contributed by atoms with Gasteiger partial charge in [0, 0.05) is 17.5 Å². The maximum absolute atomic E-state index is 12.9. The highest BCUT2D eigenvalue weighted by Gasteiger charge is 2.27. The van der Waals surface area contributed by atoms with Crippen molar-refractivity contribution in [1.82, 2.24) is 5.43 Å². The van der Waals surface area contributed by atoms with Crippen LogP contribution < -0.4 is 11.3 Å². The fourth-order valence-corrected chi connectivity index (χ4v) is 2.33. The molecule has 5 heteroatoms. The molecule has 0 aromatic heterocycles. The number of halogens is 2. The first kappa shape index (κ1) is 11.8. The van der Waals surface area contributed by atoms with Crippen LogP contribution in [0.4, 0.5) is 4.39 Å². The van der Waals surface area contributed by atoms with E-state index in [-0.39, 0.29) is 17.8 Å². The normalized spacial score (nSPS) is 22.3. The smallest absolute Gasteiger partial charge is 0.124 e. The van der Waals surface area contributed by atoms with Gasteiger partial charge in [-0.3, -0.25) is 11.3 Å². The lowest BCUT2D eigenvalue weighted by molar-refractivity contribution is 0.177. The van der Waals surface area contributed by atoms with Crippen LogP contribution in [0.5, 0.6) is 0 Å². The average Bonchev–Trinajstić information content (AvgIpc) is 2.75. The van der Waals surface area contributed by atoms with Crippen molar-refractivity contribution in [2.45, 2.75) is 12.5 Å². The molecule has 3 N–H and O–H groups in total. The average molecular weight is 245 g/mol. The summed E-state index contributed by atoms with van der Waals surface area (Å²) in [4.78, 5) is 0. The van der Waals surface area contributed by atoms with E-state index in [9.17, 15) is 4.39 Å². The van der Waals surface area contributed by atoms with E-state index < -0.39 is 0 Å². The van der Waals surface area contributed by atoms with Crippen molar-refractivity contribution in [3.8, 4) is 0 Å². The van der Waals surface area contributed by atoms with Crippen LogP contribution in [0.25, 0.3) is 0 Å². The Hall–Kier alpha value is -0.680. The van der Waals surface area contributed by atoms with E-state index in [4.69, 9.17) is 22.2 Å². The van der Waals surface area contributed by atoms with E-state index in [0.29, 0.717) is 11.6 Å². The Labute approximate surface area is 98.7 Å². The number of rotatable bonds is 3. The van der Waals surface area contributed by atoms with Gasteiger partial charge in [0.05, 0.1) is 12.6 Å². The summed E-state index contributed by atoms with van der Waals surface area (Å²) in [7, 11) is 0. The molecular weight excluding hydrogens is 231 g/mol. The molecule has 2 atom stereocenters. The molecule has 0 aliphatic carbocycles. The Morgan fingerprint density at radius 2 is 2.38 bits per heavy atom. The molecule has 0 saturated carbocycles. The second-order valence-electron chi connectivity index (χ2n) is 3.93. The molecule has 0 amide bonds. The van der Waals surface area contributed by atoms with Crippen LogP contribution in [0.1, 0.15) is 18.0 Å². The molecule has 3 nitrogen and oxygen atoms in total. The van der Waals surface area contributed by atoms with Crippen molar-refractivity contribution in [1.29, 1.82) is 0 Å². The van der Waals surface area contributed by atoms with Gasteiger partial charge in [0.15, 0.2) is 0 Å². The highest BCUT2D eigenvalue weighted by molar-refractivity contribution is 6.31. The minimum Gasteiger partial charge on any atom is -0.381 e. The Balaban J connectivity index is 2.25. The molecule has 0 radical (unpaired) electrons. The molecule has 0 bridgehead atoms. The fourth-order valence-electron chi connectivity index (χ4n) is 2.05. The van der Waals surface area contributed by atoms with Crippen LogP contribution in [0.2, 0.25) is 5.02 Å². The molecule has 16 heavy (non-hydrogen) atoms. The van der Waals surface area contributed by atoms with Crippen molar-refractivity contribution < 1.29 is 9.13 Å². The quantitative estimate of drug-likeness (QED) is 0.632. The van der Waals surface area contributed by atoms with Crippen LogP contribution >= 0.6 is 11.6 Å². The maximum Gasteiger partial charge on any atom is 0.124 e. The number of benzene rings is 1. The number of hydrogen-bond donors (Lipinski definition) is 2. The second-order valence-corrected chi connectivity index (χ2v) is 4.34. The molecule has 1 aliphatic heterocycles. The Morgan fingerprint density at radius 1 is 1.56 bits per heavy atom. The van der Waals surface area contributed by atoms with Gasteiger partial charge in [-0.05, 0) is 24.1 Å². The minimum absolute atomic E-state index is 0.0874. The van der Waals surface area contributed by atoms with Crippen LogP contribution in [0.3, 0.4) is 0 Å². The van der Waals surface area contributed by atoms with Gasteiger partial charge in [-0.2, -0.15) is 0 Å². The predicted molar refractivity (Wildman–Crippen MR) is 60.4 cm³/mol. The summed E-state index contributed by atoms with van der Waals surface area (Å²) in [5, 5.41) is 0.398. The van der Waals surface area contributed by atoms with Crippen LogP contribution in [-0.2, 0) is 4.74 Å². The lowest BCUT2D eigenvalue weighted by Crippen LogP contribution is -2.34. The molecule has 1 fully saturated rings. The highest BCUT2D eigenvalue weighted by atomic mass is 35.5. The second kappa shape index (κ2) is 5.10. The van der Waals surface area contributed by atoms with E-state index in [1.807, 2.05) is 0 Å². The zero-order valence-corrected chi connectivity index (χ0v) is 9.51. The number of nitrogens with one attached hydrogen (secondary N) is 1. The number of ether oxygens (including phenoxy) is 1. The summed E-state index contributed by atoms with van der Waals surface area (Å²) in [6, 6.07) is 4.27. The molecular formula is C11H14ClFN2O. The maximum atomic E-state index is 12.9. The highest BCUT2D eigenvalue weighted by Crippen LogP contribution is 2.32. The third-order valence-corrected chi connectivity index (χ3v) is 3.24. The Bertz CT molecular complexity index is 369. The minimum atomic E-state index is -0.341. The van der Waals surface area contributed by atoms with Gasteiger partial charge in [0.25, 0.3) is 0 Å². The van der Waals surface area contributed by atoms with Crippen molar-refractivity contribution >= 4 is 11.6 Å². The van der Waals surface area contributed by atoms with Gasteiger partial charge in [0.2, 0.25) is 0 Å². The molecule has 1 aromatic rings. The predicted octanol–water partition coefficient (Wildman–Crippen LogP) is 2.02. The van der Waals surface area contributed by atoms with Crippen LogP contribution in [0.15, 0.2) is 18.2 Å². The van der Waals surface area contributed by atoms with Gasteiger partial charge in [0.1, 0.15) is 5.82 Å². The van der Waals surface area contributed by atoms with Gasteiger partial charge >= 0.3 is 0 Å². The zero-order chi connectivity index (χ0) is 11.5. The van der Waals surface area contributed by atoms with Gasteiger partial charge in [-0.15, -0.1) is 0 Å². The third kappa shape index (κ3) is 2.35. The van der Waals surface area contributed by atoms with E-state index in [1.165, 1.54) is 12.1 Å². The fraction of sp³-hybridized carbons (Fsp3) is 0.455. The summed E-state index contributed by atoms with van der Waals surface area (Å²) in [6.07, 6.45) is 0.933. The van der Waals surface area contributed by atoms with Crippen LogP contribution in [0, 0.1) is 11.7 Å². The largest absolute Gasteiger partial charge is 0.381 e. The Morgan fingerprint density at radius 3 is 2.94 bits per heavy atom. The molecule has 88 valence electrons. The van der Waals surface area contributed by atoms with Crippen molar-refractivity contribution in [2.75, 3.05) is 13.2 Å². The van der Waals surface area contributed by atoms with Gasteiger partial charge < -0.3 is 4.74 Å². The first-order chi connectivity index (χ1) is 7.72. The summed E-state index contributed by atoms with van der Waals surface area (Å²) < 4.78 is 18.2. The summed E-state index contributed by atoms with van der Waals surface area (Å²) in [5.74, 6) is 5.48. The lowest BCUT2D eigenvalue weighted by atomic mass is 9.93. The van der Waals surface area contributed by atoms with Crippen molar-refractivity contribution in [2.24, 2.45) is 11.8 Å². The molecule has 1 aliphatic rings. The summed E-state index contributed by atoms with van der Waals surface area (Å²) in [6.45, 7) is 1.39. The van der Waals surface area contributed by atoms with Gasteiger partial charge in [-0.25, -0.2) is 4.39 Å². The molecule has 1 saturated heterocycles. The number of hydrazine groups is 1. The standard InChI is InChI=1S/C11H14ClFN2O/c12-10-5-8(13)1-2-9(10)11(15-14)7-3-4-16-6-7/h1-2,5,7,11,15H,3-4,6,14H2. The van der Waals surface area contributed by atoms with Crippen molar-refractivity contribution in [3.05, 3.63) is 34.6 Å². The van der Waals surface area contributed by atoms with Gasteiger partial charge in [-0.1, -0.05) is 17.7 Å². The first-order valence-corrected chi connectivity index (χ1v) is 5.59. The monoisotopic (exact) mass is 244 g/mol. The molecule has 2 rings (SSSR count). The van der Waals surface area contributed by atoms with E-state index in [0.717, 1.165) is 18.6 Å². The van der Waals surface area contributed by atoms with Crippen molar-refractivity contribution in [3.63, 3.8) is 0 Å². The van der Waals surface area contributed by atoms with E-state index in [1.54, 1.807) is 6.07 Å². The number of nitrogens with two attached hydrogens (primary N) is 1. The molecule has 0 spiro atoms. The van der Waals surface area contributed by atoms with E-state index in [2.05, 4.69) is 5.43 Å². The SMILES string of the molecule is NNC(c1ccc(F)cc1Cl)C1CCOC1. The molecule has 1 heterocycles.